The van der Waals surface area contributed by atoms with Crippen molar-refractivity contribution in [2.45, 2.75) is 38.4 Å². The van der Waals surface area contributed by atoms with Crippen LogP contribution in [0, 0.1) is 0 Å². The summed E-state index contributed by atoms with van der Waals surface area (Å²) in [6, 6.07) is 13.0. The van der Waals surface area contributed by atoms with Crippen molar-refractivity contribution in [3.05, 3.63) is 53.6 Å². The maximum atomic E-state index is 5.33. The second kappa shape index (κ2) is 7.53. The number of hydrogen-bond donors (Lipinski definition) is 1. The molecule has 3 heterocycles. The Bertz CT molecular complexity index is 974. The zero-order valence-electron chi connectivity index (χ0n) is 16.4. The smallest absolute Gasteiger partial charge is 0.147 e. The molecule has 0 saturated carbocycles. The summed E-state index contributed by atoms with van der Waals surface area (Å²) in [6.45, 7) is 6.11. The molecule has 6 nitrogen and oxygen atoms in total. The number of nitrogens with one attached hydrogen (secondary N) is 1. The first-order valence-electron chi connectivity index (χ1n) is 10.2. The SMILES string of the molecule is COc1ccc2cc(CN3CCC(c4nnc5n4CCNC5)CC3)ccc2c1. The predicted octanol–water partition coefficient (Wildman–Crippen LogP) is 2.92. The molecule has 0 radical (unpaired) electrons. The lowest BCUT2D eigenvalue weighted by Gasteiger charge is -2.32. The van der Waals surface area contributed by atoms with Crippen LogP contribution in [0.5, 0.6) is 5.75 Å². The number of methoxy groups -OCH3 is 1. The van der Waals surface area contributed by atoms with Gasteiger partial charge >= 0.3 is 0 Å². The summed E-state index contributed by atoms with van der Waals surface area (Å²) in [5, 5.41) is 14.8. The number of fused-ring (bicyclic) bond motifs is 2. The predicted molar refractivity (Wildman–Crippen MR) is 109 cm³/mol. The number of aromatic nitrogens is 3. The molecular formula is C22H27N5O. The summed E-state index contributed by atoms with van der Waals surface area (Å²) in [5.74, 6) is 3.75. The third kappa shape index (κ3) is 3.38. The van der Waals surface area contributed by atoms with Crippen molar-refractivity contribution >= 4 is 10.8 Å². The molecule has 1 aromatic heterocycles. The minimum atomic E-state index is 0.541. The first-order chi connectivity index (χ1) is 13.8. The Hall–Kier alpha value is -2.44. The number of nitrogens with zero attached hydrogens (tertiary/aromatic N) is 4. The summed E-state index contributed by atoms with van der Waals surface area (Å²) in [4.78, 5) is 2.57. The molecule has 0 atom stereocenters. The molecule has 1 saturated heterocycles. The van der Waals surface area contributed by atoms with Crippen molar-refractivity contribution in [1.29, 1.82) is 0 Å². The van der Waals surface area contributed by atoms with Crippen LogP contribution in [-0.2, 0) is 19.6 Å². The Kier molecular flexibility index (Phi) is 4.74. The summed E-state index contributed by atoms with van der Waals surface area (Å²) in [5.41, 5.74) is 1.38. The number of benzene rings is 2. The van der Waals surface area contributed by atoms with E-state index in [4.69, 9.17) is 4.74 Å². The van der Waals surface area contributed by atoms with Gasteiger partial charge in [0, 0.05) is 25.6 Å². The molecule has 2 aromatic carbocycles. The van der Waals surface area contributed by atoms with Gasteiger partial charge in [0.2, 0.25) is 0 Å². The molecule has 2 aliphatic rings. The van der Waals surface area contributed by atoms with E-state index in [1.165, 1.54) is 22.2 Å². The first-order valence-corrected chi connectivity index (χ1v) is 10.2. The highest BCUT2D eigenvalue weighted by atomic mass is 16.5. The minimum absolute atomic E-state index is 0.541. The third-order valence-electron chi connectivity index (χ3n) is 6.12. The van der Waals surface area contributed by atoms with E-state index in [9.17, 15) is 0 Å². The maximum Gasteiger partial charge on any atom is 0.147 e. The van der Waals surface area contributed by atoms with E-state index < -0.39 is 0 Å². The lowest BCUT2D eigenvalue weighted by atomic mass is 9.95. The Balaban J connectivity index is 1.24. The van der Waals surface area contributed by atoms with Gasteiger partial charge in [-0.05, 0) is 60.5 Å². The summed E-state index contributed by atoms with van der Waals surface area (Å²) in [7, 11) is 1.71. The molecule has 0 bridgehead atoms. The van der Waals surface area contributed by atoms with Gasteiger partial charge in [0.15, 0.2) is 0 Å². The van der Waals surface area contributed by atoms with E-state index in [1.807, 2.05) is 6.07 Å². The van der Waals surface area contributed by atoms with Crippen molar-refractivity contribution < 1.29 is 4.74 Å². The normalized spacial score (nSPS) is 18.3. The standard InChI is InChI=1S/C22H27N5O/c1-28-20-5-4-18-12-16(2-3-19(18)13-20)15-26-9-6-17(7-10-26)22-25-24-21-14-23-8-11-27(21)22/h2-5,12-13,17,23H,6-11,14-15H2,1H3. The highest BCUT2D eigenvalue weighted by Gasteiger charge is 2.27. The highest BCUT2D eigenvalue weighted by molar-refractivity contribution is 5.84. The van der Waals surface area contributed by atoms with Crippen LogP contribution in [0.25, 0.3) is 10.8 Å². The van der Waals surface area contributed by atoms with E-state index in [1.54, 1.807) is 7.11 Å². The molecule has 0 aliphatic carbocycles. The largest absolute Gasteiger partial charge is 0.497 e. The molecular weight excluding hydrogens is 350 g/mol. The van der Waals surface area contributed by atoms with Crippen LogP contribution in [0.4, 0.5) is 0 Å². The fourth-order valence-electron chi connectivity index (χ4n) is 4.52. The first kappa shape index (κ1) is 17.6. The molecule has 0 amide bonds. The number of likely N-dealkylation sites (tertiary alicyclic amines) is 1. The van der Waals surface area contributed by atoms with Crippen LogP contribution in [0.3, 0.4) is 0 Å². The quantitative estimate of drug-likeness (QED) is 0.758. The van der Waals surface area contributed by atoms with E-state index >= 15 is 0 Å². The molecule has 28 heavy (non-hydrogen) atoms. The zero-order valence-corrected chi connectivity index (χ0v) is 16.4. The minimum Gasteiger partial charge on any atom is -0.497 e. The summed E-state index contributed by atoms with van der Waals surface area (Å²) in [6.07, 6.45) is 2.33. The number of rotatable bonds is 4. The number of ether oxygens (including phenoxy) is 1. The van der Waals surface area contributed by atoms with Gasteiger partial charge in [-0.3, -0.25) is 4.90 Å². The zero-order chi connectivity index (χ0) is 18.9. The van der Waals surface area contributed by atoms with Crippen LogP contribution in [0.15, 0.2) is 36.4 Å². The molecule has 6 heteroatoms. The molecule has 0 unspecified atom stereocenters. The average molecular weight is 377 g/mol. The third-order valence-corrected chi connectivity index (χ3v) is 6.12. The van der Waals surface area contributed by atoms with Crippen molar-refractivity contribution in [1.82, 2.24) is 25.0 Å². The van der Waals surface area contributed by atoms with Crippen molar-refractivity contribution in [2.75, 3.05) is 26.7 Å². The molecule has 0 spiro atoms. The average Bonchev–Trinajstić information content (AvgIpc) is 3.18. The van der Waals surface area contributed by atoms with E-state index in [0.29, 0.717) is 5.92 Å². The van der Waals surface area contributed by atoms with Crippen molar-refractivity contribution in [3.63, 3.8) is 0 Å². The maximum absolute atomic E-state index is 5.33. The van der Waals surface area contributed by atoms with Gasteiger partial charge in [0.05, 0.1) is 13.7 Å². The van der Waals surface area contributed by atoms with Crippen molar-refractivity contribution in [3.8, 4) is 5.75 Å². The number of piperidine rings is 1. The number of hydrogen-bond acceptors (Lipinski definition) is 5. The fraction of sp³-hybridized carbons (Fsp3) is 0.455. The summed E-state index contributed by atoms with van der Waals surface area (Å²) >= 11 is 0. The van der Waals surface area contributed by atoms with E-state index in [-0.39, 0.29) is 0 Å². The topological polar surface area (TPSA) is 55.2 Å². The van der Waals surface area contributed by atoms with Crippen LogP contribution in [0.1, 0.15) is 36.0 Å². The van der Waals surface area contributed by atoms with Gasteiger partial charge in [-0.1, -0.05) is 18.2 Å². The van der Waals surface area contributed by atoms with Gasteiger partial charge in [0.25, 0.3) is 0 Å². The second-order valence-electron chi connectivity index (χ2n) is 7.90. The van der Waals surface area contributed by atoms with Gasteiger partial charge in [-0.15, -0.1) is 10.2 Å². The molecule has 146 valence electrons. The van der Waals surface area contributed by atoms with E-state index in [0.717, 1.165) is 63.7 Å². The Morgan fingerprint density at radius 1 is 1.04 bits per heavy atom. The Labute approximate surface area is 165 Å². The van der Waals surface area contributed by atoms with Gasteiger partial charge in [-0.2, -0.15) is 0 Å². The van der Waals surface area contributed by atoms with Gasteiger partial charge < -0.3 is 14.6 Å². The van der Waals surface area contributed by atoms with Crippen LogP contribution >= 0.6 is 0 Å². The Morgan fingerprint density at radius 2 is 1.86 bits per heavy atom. The molecule has 3 aromatic rings. The monoisotopic (exact) mass is 377 g/mol. The lowest BCUT2D eigenvalue weighted by molar-refractivity contribution is 0.199. The van der Waals surface area contributed by atoms with Gasteiger partial charge in [-0.25, -0.2) is 0 Å². The highest BCUT2D eigenvalue weighted by Crippen LogP contribution is 2.29. The molecule has 1 fully saturated rings. The van der Waals surface area contributed by atoms with Crippen LogP contribution in [0.2, 0.25) is 0 Å². The van der Waals surface area contributed by atoms with E-state index in [2.05, 4.69) is 55.3 Å². The van der Waals surface area contributed by atoms with Crippen LogP contribution in [-0.4, -0.2) is 46.4 Å². The molecule has 1 N–H and O–H groups in total. The second-order valence-corrected chi connectivity index (χ2v) is 7.90. The van der Waals surface area contributed by atoms with Gasteiger partial charge in [0.1, 0.15) is 17.4 Å². The molecule has 5 rings (SSSR count). The molecule has 2 aliphatic heterocycles. The fourth-order valence-corrected chi connectivity index (χ4v) is 4.52. The van der Waals surface area contributed by atoms with Crippen molar-refractivity contribution in [2.24, 2.45) is 0 Å². The Morgan fingerprint density at radius 3 is 2.71 bits per heavy atom. The summed E-state index contributed by atoms with van der Waals surface area (Å²) < 4.78 is 7.67. The lowest BCUT2D eigenvalue weighted by Crippen LogP contribution is -2.34. The van der Waals surface area contributed by atoms with Crippen LogP contribution < -0.4 is 10.1 Å².